The molecule has 1 aliphatic heterocycles. The van der Waals surface area contributed by atoms with E-state index in [-0.39, 0.29) is 11.6 Å². The molecular weight excluding hydrogens is 581 g/mol. The number of pyridine rings is 2. The molecule has 0 unspecified atom stereocenters. The van der Waals surface area contributed by atoms with E-state index in [9.17, 15) is 24.3 Å². The lowest BCUT2D eigenvalue weighted by Gasteiger charge is -2.26. The lowest BCUT2D eigenvalue weighted by molar-refractivity contribution is -0.00177. The number of hydrogen-bond acceptors (Lipinski definition) is 10. The van der Waals surface area contributed by atoms with Crippen LogP contribution in [0.2, 0.25) is 0 Å². The Kier molecular flexibility index (Phi) is 9.10. The third-order valence-electron chi connectivity index (χ3n) is 7.61. The summed E-state index contributed by atoms with van der Waals surface area (Å²) in [4.78, 5) is 36.0. The fourth-order valence-electron chi connectivity index (χ4n) is 5.07. The van der Waals surface area contributed by atoms with Gasteiger partial charge in [-0.3, -0.25) is 9.78 Å². The molecule has 45 heavy (non-hydrogen) atoms. The molecule has 5 heterocycles. The summed E-state index contributed by atoms with van der Waals surface area (Å²) in [5, 5.41) is 32.1. The number of nitriles is 1. The largest absolute Gasteiger partial charge is 0.453 e. The number of methoxy groups -OCH3 is 1. The topological polar surface area (TPSA) is 170 Å². The number of aliphatic hydroxyl groups is 1. The molecule has 0 aromatic carbocycles. The Morgan fingerprint density at radius 1 is 1.18 bits per heavy atom. The van der Waals surface area contributed by atoms with Crippen molar-refractivity contribution in [3.8, 4) is 17.5 Å². The lowest BCUT2D eigenvalue weighted by atomic mass is 10.0. The zero-order valence-corrected chi connectivity index (χ0v) is 25.1. The Bertz CT molecular complexity index is 1730. The number of hydrogen-bond donors (Lipinski definition) is 4. The highest BCUT2D eigenvalue weighted by Gasteiger charge is 2.28. The van der Waals surface area contributed by atoms with E-state index in [0.717, 1.165) is 25.2 Å². The first-order chi connectivity index (χ1) is 21.6. The van der Waals surface area contributed by atoms with Crippen LogP contribution in [0.3, 0.4) is 0 Å². The molecule has 2 atom stereocenters. The van der Waals surface area contributed by atoms with E-state index in [4.69, 9.17) is 0 Å². The zero-order chi connectivity index (χ0) is 32.1. The highest BCUT2D eigenvalue weighted by atomic mass is 19.1. The van der Waals surface area contributed by atoms with Crippen LogP contribution in [0.15, 0.2) is 55.0 Å². The average molecular weight is 616 g/mol. The second kappa shape index (κ2) is 13.1. The fourth-order valence-corrected chi connectivity index (χ4v) is 5.07. The summed E-state index contributed by atoms with van der Waals surface area (Å²) in [5.74, 6) is 0.161. The monoisotopic (exact) mass is 615 g/mol. The van der Waals surface area contributed by atoms with Crippen LogP contribution in [0.25, 0.3) is 16.9 Å². The zero-order valence-electron chi connectivity index (χ0n) is 25.1. The van der Waals surface area contributed by atoms with Crippen LogP contribution >= 0.6 is 0 Å². The standard InChI is InChI=1S/C31H34FN9O4/c1-31(2,44)27(32)18-36-29(42)23-17-34-25(26-8-7-21-11-19(13-33)14-38-41(21)26)12-24(23)39-20-6-9-28(35-15-20)40-10-4-5-22(40)16-37-30(43)45-3/h6-9,11-12,14-15,17,22,27,44H,4-5,10,16,18H2,1-3H3,(H,34,39)(H,36,42)(H,37,43)/t22-,27+/m0/s1. The molecule has 0 spiro atoms. The van der Waals surface area contributed by atoms with E-state index in [1.54, 1.807) is 22.8 Å². The molecule has 4 N–H and O–H groups in total. The molecule has 4 aromatic heterocycles. The molecule has 13 nitrogen and oxygen atoms in total. The van der Waals surface area contributed by atoms with Crippen molar-refractivity contribution < 1.29 is 23.8 Å². The van der Waals surface area contributed by atoms with Crippen molar-refractivity contribution in [1.29, 1.82) is 5.26 Å². The van der Waals surface area contributed by atoms with E-state index in [1.165, 1.54) is 33.4 Å². The molecule has 234 valence electrons. The number of alkyl halides is 1. The van der Waals surface area contributed by atoms with Crippen LogP contribution in [0.1, 0.15) is 42.6 Å². The number of aromatic nitrogens is 4. The normalized spacial score (nSPS) is 15.4. The lowest BCUT2D eigenvalue weighted by Crippen LogP contribution is -2.42. The van der Waals surface area contributed by atoms with Crippen LogP contribution in [0.5, 0.6) is 0 Å². The van der Waals surface area contributed by atoms with Crippen LogP contribution in [-0.4, -0.2) is 81.2 Å². The number of rotatable bonds is 10. The van der Waals surface area contributed by atoms with Gasteiger partial charge in [0.25, 0.3) is 5.91 Å². The molecule has 14 heteroatoms. The van der Waals surface area contributed by atoms with Crippen molar-refractivity contribution in [1.82, 2.24) is 30.2 Å². The van der Waals surface area contributed by atoms with Gasteiger partial charge in [-0.2, -0.15) is 10.4 Å². The Hall–Kier alpha value is -5.29. The first-order valence-electron chi connectivity index (χ1n) is 14.4. The highest BCUT2D eigenvalue weighted by molar-refractivity contribution is 6.00. The van der Waals surface area contributed by atoms with E-state index >= 15 is 0 Å². The number of amides is 2. The maximum atomic E-state index is 14.4. The third kappa shape index (κ3) is 7.10. The smallest absolute Gasteiger partial charge is 0.406 e. The molecule has 1 aliphatic rings. The molecular formula is C31H34FN9O4. The maximum Gasteiger partial charge on any atom is 0.406 e. The predicted octanol–water partition coefficient (Wildman–Crippen LogP) is 3.57. The van der Waals surface area contributed by atoms with E-state index < -0.39 is 30.3 Å². The number of carbonyl (C=O) groups excluding carboxylic acids is 2. The first-order valence-corrected chi connectivity index (χ1v) is 14.4. The van der Waals surface area contributed by atoms with Crippen molar-refractivity contribution in [2.24, 2.45) is 0 Å². The molecule has 1 saturated heterocycles. The summed E-state index contributed by atoms with van der Waals surface area (Å²) in [7, 11) is 1.33. The minimum Gasteiger partial charge on any atom is -0.453 e. The van der Waals surface area contributed by atoms with E-state index in [2.05, 4.69) is 46.7 Å². The van der Waals surface area contributed by atoms with Crippen LogP contribution in [-0.2, 0) is 4.74 Å². The van der Waals surface area contributed by atoms with Gasteiger partial charge in [-0.25, -0.2) is 18.7 Å². The summed E-state index contributed by atoms with van der Waals surface area (Å²) in [5.41, 5.74) is 1.74. The Balaban J connectivity index is 1.42. The Morgan fingerprint density at radius 3 is 2.71 bits per heavy atom. The predicted molar refractivity (Wildman–Crippen MR) is 165 cm³/mol. The van der Waals surface area contributed by atoms with Gasteiger partial charge in [-0.05, 0) is 63.1 Å². The van der Waals surface area contributed by atoms with Crippen molar-refractivity contribution in [3.05, 3.63) is 66.1 Å². The molecule has 0 bridgehead atoms. The quantitative estimate of drug-likeness (QED) is 0.207. The van der Waals surface area contributed by atoms with Gasteiger partial charge in [0.15, 0.2) is 0 Å². The Morgan fingerprint density at radius 2 is 2.00 bits per heavy atom. The molecule has 0 radical (unpaired) electrons. The molecule has 2 amide bonds. The van der Waals surface area contributed by atoms with Crippen molar-refractivity contribution in [2.75, 3.05) is 37.0 Å². The van der Waals surface area contributed by atoms with Crippen molar-refractivity contribution >= 4 is 34.7 Å². The molecule has 5 rings (SSSR count). The summed E-state index contributed by atoms with van der Waals surface area (Å²) in [6.45, 7) is 3.50. The van der Waals surface area contributed by atoms with Gasteiger partial charge in [0.05, 0.1) is 71.1 Å². The number of ether oxygens (including phenoxy) is 1. The SMILES string of the molecule is COC(=O)NC[C@@H]1CCCN1c1ccc(Nc2cc(-c3ccc4cc(C#N)cnn34)ncc2C(=O)NC[C@@H](F)C(C)(C)O)cn1. The van der Waals surface area contributed by atoms with Crippen molar-refractivity contribution in [3.63, 3.8) is 0 Å². The molecule has 0 saturated carbocycles. The van der Waals surface area contributed by atoms with Gasteiger partial charge in [0, 0.05) is 25.3 Å². The minimum atomic E-state index is -1.68. The molecule has 0 aliphatic carbocycles. The summed E-state index contributed by atoms with van der Waals surface area (Å²) >= 11 is 0. The third-order valence-corrected chi connectivity index (χ3v) is 7.61. The van der Waals surface area contributed by atoms with Gasteiger partial charge in [-0.15, -0.1) is 0 Å². The number of nitrogens with zero attached hydrogens (tertiary/aromatic N) is 6. The van der Waals surface area contributed by atoms with Gasteiger partial charge in [0.1, 0.15) is 18.1 Å². The summed E-state index contributed by atoms with van der Waals surface area (Å²) in [6.07, 6.45) is 4.18. The second-order valence-corrected chi connectivity index (χ2v) is 11.2. The van der Waals surface area contributed by atoms with Gasteiger partial charge < -0.3 is 30.7 Å². The maximum absolute atomic E-state index is 14.4. The average Bonchev–Trinajstić information content (AvgIpc) is 3.69. The van der Waals surface area contributed by atoms with Gasteiger partial charge >= 0.3 is 6.09 Å². The number of carbonyl (C=O) groups is 2. The summed E-state index contributed by atoms with van der Waals surface area (Å²) in [6, 6.07) is 12.8. The molecule has 4 aromatic rings. The highest BCUT2D eigenvalue weighted by Crippen LogP contribution is 2.29. The number of halogens is 1. The summed E-state index contributed by atoms with van der Waals surface area (Å²) < 4.78 is 20.7. The first kappa shape index (κ1) is 31.1. The van der Waals surface area contributed by atoms with Crippen molar-refractivity contribution in [2.45, 2.75) is 44.5 Å². The second-order valence-electron chi connectivity index (χ2n) is 11.2. The Labute approximate surface area is 259 Å². The van der Waals surface area contributed by atoms with Crippen LogP contribution < -0.4 is 20.9 Å². The number of fused-ring (bicyclic) bond motifs is 1. The number of nitrogens with one attached hydrogen (secondary N) is 3. The van der Waals surface area contributed by atoms with Gasteiger partial charge in [0.2, 0.25) is 0 Å². The van der Waals surface area contributed by atoms with Crippen LogP contribution in [0, 0.1) is 11.3 Å². The number of alkyl carbamates (subject to hydrolysis) is 1. The molecule has 1 fully saturated rings. The van der Waals surface area contributed by atoms with E-state index in [1.807, 2.05) is 24.3 Å². The van der Waals surface area contributed by atoms with Crippen LogP contribution in [0.4, 0.5) is 26.4 Å². The number of anilines is 3. The van der Waals surface area contributed by atoms with E-state index in [0.29, 0.717) is 40.4 Å². The van der Waals surface area contributed by atoms with Gasteiger partial charge in [-0.1, -0.05) is 0 Å². The fraction of sp³-hybridized carbons (Fsp3) is 0.355. The minimum absolute atomic E-state index is 0.0754.